The molecule has 0 radical (unpaired) electrons. The Balaban J connectivity index is 1.98. The van der Waals surface area contributed by atoms with Gasteiger partial charge in [-0.25, -0.2) is 9.98 Å². The van der Waals surface area contributed by atoms with Gasteiger partial charge in [0.2, 0.25) is 0 Å². The third-order valence-electron chi connectivity index (χ3n) is 3.15. The van der Waals surface area contributed by atoms with E-state index in [1.54, 1.807) is 6.92 Å². The molecular weight excluding hydrogens is 323 g/mol. The van der Waals surface area contributed by atoms with Crippen molar-refractivity contribution in [3.63, 3.8) is 0 Å². The molecule has 1 heterocycles. The average molecular weight is 339 g/mol. The second-order valence-electron chi connectivity index (χ2n) is 5.08. The molecule has 4 N–H and O–H groups in total. The maximum Gasteiger partial charge on any atom is 0.416 e. The largest absolute Gasteiger partial charge is 0.416 e. The summed E-state index contributed by atoms with van der Waals surface area (Å²) < 4.78 is 37.9. The van der Waals surface area contributed by atoms with E-state index in [0.29, 0.717) is 17.0 Å². The molecule has 0 saturated carbocycles. The Morgan fingerprint density at radius 3 is 2.83 bits per heavy atom. The summed E-state index contributed by atoms with van der Waals surface area (Å²) in [5, 5.41) is 2.72. The fraction of sp³-hybridized carbons (Fsp3) is 0.267. The molecule has 0 spiro atoms. The molecule has 0 aliphatic rings. The van der Waals surface area contributed by atoms with E-state index in [4.69, 9.17) is 5.73 Å². The topological polar surface area (TPSA) is 96.2 Å². The van der Waals surface area contributed by atoms with Gasteiger partial charge in [-0.3, -0.25) is 4.79 Å². The molecule has 0 atom stereocenters. The number of aromatic amines is 1. The van der Waals surface area contributed by atoms with Crippen molar-refractivity contribution in [1.82, 2.24) is 15.3 Å². The molecule has 24 heavy (non-hydrogen) atoms. The minimum atomic E-state index is -4.40. The molecule has 0 unspecified atom stereocenters. The van der Waals surface area contributed by atoms with Crippen LogP contribution in [0.25, 0.3) is 0 Å². The van der Waals surface area contributed by atoms with Gasteiger partial charge in [-0.2, -0.15) is 13.2 Å². The highest BCUT2D eigenvalue weighted by Crippen LogP contribution is 2.29. The van der Waals surface area contributed by atoms with E-state index in [1.165, 1.54) is 18.3 Å². The van der Waals surface area contributed by atoms with E-state index in [-0.39, 0.29) is 24.6 Å². The van der Waals surface area contributed by atoms with Gasteiger partial charge in [0, 0.05) is 12.7 Å². The van der Waals surface area contributed by atoms with E-state index in [0.717, 1.165) is 12.1 Å². The average Bonchev–Trinajstić information content (AvgIpc) is 2.51. The predicted octanol–water partition coefficient (Wildman–Crippen LogP) is 1.70. The summed E-state index contributed by atoms with van der Waals surface area (Å²) in [6.07, 6.45) is -2.98. The summed E-state index contributed by atoms with van der Waals surface area (Å²) >= 11 is 0. The number of aryl methyl sites for hydroxylation is 1. The van der Waals surface area contributed by atoms with Gasteiger partial charge in [-0.1, -0.05) is 12.1 Å². The van der Waals surface area contributed by atoms with Crippen molar-refractivity contribution in [2.75, 3.05) is 0 Å². The Morgan fingerprint density at radius 2 is 2.17 bits per heavy atom. The number of nitrogens with zero attached hydrogens (tertiary/aromatic N) is 2. The standard InChI is InChI=1S/C15H16F3N5O/c1-9-20-7-11(13(24)23-9)8-22-14(19)21-6-10-3-2-4-12(5-10)15(16,17)18/h2-5,7H,6,8H2,1H3,(H3,19,21,22)(H,20,23,24). The number of aromatic nitrogens is 2. The molecule has 0 amide bonds. The number of alkyl halides is 3. The molecule has 2 rings (SSSR count). The zero-order valence-corrected chi connectivity index (χ0v) is 12.8. The third kappa shape index (κ3) is 4.83. The van der Waals surface area contributed by atoms with Crippen LogP contribution in [0, 0.1) is 6.92 Å². The van der Waals surface area contributed by atoms with Crippen LogP contribution in [0.1, 0.15) is 22.5 Å². The minimum Gasteiger partial charge on any atom is -0.370 e. The van der Waals surface area contributed by atoms with Gasteiger partial charge in [-0.15, -0.1) is 0 Å². The lowest BCUT2D eigenvalue weighted by molar-refractivity contribution is -0.137. The van der Waals surface area contributed by atoms with Crippen LogP contribution in [0.4, 0.5) is 13.2 Å². The van der Waals surface area contributed by atoms with Crippen LogP contribution in [0.15, 0.2) is 40.2 Å². The Bertz CT molecular complexity index is 798. The zero-order chi connectivity index (χ0) is 17.7. The van der Waals surface area contributed by atoms with Gasteiger partial charge < -0.3 is 16.0 Å². The van der Waals surface area contributed by atoms with E-state index in [9.17, 15) is 18.0 Å². The summed E-state index contributed by atoms with van der Waals surface area (Å²) in [5.74, 6) is 0.516. The fourth-order valence-corrected chi connectivity index (χ4v) is 1.90. The van der Waals surface area contributed by atoms with Gasteiger partial charge in [0.25, 0.3) is 5.56 Å². The highest BCUT2D eigenvalue weighted by Gasteiger charge is 2.30. The molecule has 9 heteroatoms. The molecule has 1 aromatic heterocycles. The van der Waals surface area contributed by atoms with E-state index >= 15 is 0 Å². The van der Waals surface area contributed by atoms with Gasteiger partial charge in [0.1, 0.15) is 5.82 Å². The molecule has 2 aromatic rings. The van der Waals surface area contributed by atoms with Crippen molar-refractivity contribution in [3.8, 4) is 0 Å². The van der Waals surface area contributed by atoms with Crippen molar-refractivity contribution in [2.24, 2.45) is 10.7 Å². The van der Waals surface area contributed by atoms with Crippen molar-refractivity contribution in [3.05, 3.63) is 63.3 Å². The number of halogens is 3. The summed E-state index contributed by atoms with van der Waals surface area (Å²) in [5.41, 5.74) is 5.38. The number of aliphatic imine (C=N–C) groups is 1. The Morgan fingerprint density at radius 1 is 1.42 bits per heavy atom. The number of nitrogens with one attached hydrogen (secondary N) is 2. The number of nitrogens with two attached hydrogens (primary N) is 1. The quantitative estimate of drug-likeness (QED) is 0.583. The van der Waals surface area contributed by atoms with Crippen LogP contribution < -0.4 is 16.6 Å². The molecule has 0 bridgehead atoms. The van der Waals surface area contributed by atoms with Gasteiger partial charge in [0.05, 0.1) is 17.7 Å². The summed E-state index contributed by atoms with van der Waals surface area (Å²) in [6.45, 7) is 1.76. The molecule has 0 saturated heterocycles. The lowest BCUT2D eigenvalue weighted by Crippen LogP contribution is -2.33. The zero-order valence-electron chi connectivity index (χ0n) is 12.8. The van der Waals surface area contributed by atoms with Crippen LogP contribution in [0.5, 0.6) is 0 Å². The first-order chi connectivity index (χ1) is 11.3. The number of hydrogen-bond donors (Lipinski definition) is 3. The monoisotopic (exact) mass is 339 g/mol. The van der Waals surface area contributed by atoms with Crippen LogP contribution in [-0.4, -0.2) is 15.9 Å². The maximum atomic E-state index is 12.6. The SMILES string of the molecule is Cc1ncc(CNC(N)=NCc2cccc(C(F)(F)F)c2)c(=O)[nH]1. The lowest BCUT2D eigenvalue weighted by atomic mass is 10.1. The van der Waals surface area contributed by atoms with Gasteiger partial charge in [0.15, 0.2) is 5.96 Å². The van der Waals surface area contributed by atoms with Crippen molar-refractivity contribution in [1.29, 1.82) is 0 Å². The first-order valence-corrected chi connectivity index (χ1v) is 7.00. The van der Waals surface area contributed by atoms with E-state index < -0.39 is 11.7 Å². The molecule has 6 nitrogen and oxygen atoms in total. The van der Waals surface area contributed by atoms with Crippen LogP contribution in [0.2, 0.25) is 0 Å². The van der Waals surface area contributed by atoms with Crippen molar-refractivity contribution >= 4 is 5.96 Å². The first-order valence-electron chi connectivity index (χ1n) is 7.00. The summed E-state index contributed by atoms with van der Waals surface area (Å²) in [4.78, 5) is 22.1. The lowest BCUT2D eigenvalue weighted by Gasteiger charge is -2.08. The summed E-state index contributed by atoms with van der Waals surface area (Å²) in [6, 6.07) is 4.85. The van der Waals surface area contributed by atoms with Crippen LogP contribution >= 0.6 is 0 Å². The number of H-pyrrole nitrogens is 1. The van der Waals surface area contributed by atoms with E-state index in [2.05, 4.69) is 20.3 Å². The Kier molecular flexibility index (Phi) is 5.22. The highest BCUT2D eigenvalue weighted by atomic mass is 19.4. The highest BCUT2D eigenvalue weighted by molar-refractivity contribution is 5.77. The number of rotatable bonds is 4. The molecule has 1 aromatic carbocycles. The Labute approximate surface area is 135 Å². The predicted molar refractivity (Wildman–Crippen MR) is 83.2 cm³/mol. The van der Waals surface area contributed by atoms with Crippen molar-refractivity contribution in [2.45, 2.75) is 26.2 Å². The maximum absolute atomic E-state index is 12.6. The van der Waals surface area contributed by atoms with E-state index in [1.807, 2.05) is 0 Å². The minimum absolute atomic E-state index is 0.00867. The second-order valence-corrected chi connectivity index (χ2v) is 5.08. The molecule has 0 aliphatic heterocycles. The third-order valence-corrected chi connectivity index (χ3v) is 3.15. The molecule has 0 fully saturated rings. The van der Waals surface area contributed by atoms with Crippen LogP contribution in [-0.2, 0) is 19.3 Å². The fourth-order valence-electron chi connectivity index (χ4n) is 1.90. The molecule has 0 aliphatic carbocycles. The number of hydrogen-bond acceptors (Lipinski definition) is 3. The first kappa shape index (κ1) is 17.5. The summed E-state index contributed by atoms with van der Waals surface area (Å²) in [7, 11) is 0. The number of guanidine groups is 1. The molecule has 128 valence electrons. The smallest absolute Gasteiger partial charge is 0.370 e. The Hall–Kier alpha value is -2.84. The van der Waals surface area contributed by atoms with Gasteiger partial charge in [-0.05, 0) is 24.6 Å². The molecular formula is C15H16F3N5O. The van der Waals surface area contributed by atoms with Crippen LogP contribution in [0.3, 0.4) is 0 Å². The number of benzene rings is 1. The van der Waals surface area contributed by atoms with Gasteiger partial charge >= 0.3 is 6.18 Å². The van der Waals surface area contributed by atoms with Crippen molar-refractivity contribution < 1.29 is 13.2 Å². The normalized spacial score (nSPS) is 12.2. The second kappa shape index (κ2) is 7.16.